The third kappa shape index (κ3) is 5.55. The van der Waals surface area contributed by atoms with E-state index in [1.54, 1.807) is 12.1 Å². The van der Waals surface area contributed by atoms with Crippen LogP contribution >= 0.6 is 22.9 Å². The van der Waals surface area contributed by atoms with Gasteiger partial charge in [0.25, 0.3) is 0 Å². The Balaban J connectivity index is 1.79. The number of hydrogen-bond donors (Lipinski definition) is 2. The molecular weight excluding hydrogens is 358 g/mol. The highest BCUT2D eigenvalue weighted by Crippen LogP contribution is 2.29. The van der Waals surface area contributed by atoms with Crippen molar-refractivity contribution in [2.75, 3.05) is 13.2 Å². The highest BCUT2D eigenvalue weighted by Gasteiger charge is 2.28. The van der Waals surface area contributed by atoms with E-state index in [1.165, 1.54) is 6.07 Å². The summed E-state index contributed by atoms with van der Waals surface area (Å²) in [6.07, 6.45) is 4.66. The molecule has 1 fully saturated rings. The Morgan fingerprint density at radius 1 is 1.43 bits per heavy atom. The number of rotatable bonds is 8. The predicted molar refractivity (Wildman–Crippen MR) is 92.4 cm³/mol. The van der Waals surface area contributed by atoms with Gasteiger partial charge < -0.3 is 9.84 Å². The van der Waals surface area contributed by atoms with Crippen molar-refractivity contribution < 1.29 is 18.3 Å². The van der Waals surface area contributed by atoms with E-state index in [0.29, 0.717) is 10.9 Å². The monoisotopic (exact) mass is 379 g/mol. The minimum atomic E-state index is -3.61. The predicted octanol–water partition coefficient (Wildman–Crippen LogP) is 2.80. The number of hydrogen-bond acceptors (Lipinski definition) is 5. The van der Waals surface area contributed by atoms with Crippen molar-refractivity contribution >= 4 is 33.0 Å². The number of aliphatic hydroxyl groups excluding tert-OH is 1. The van der Waals surface area contributed by atoms with Gasteiger partial charge in [-0.3, -0.25) is 0 Å². The van der Waals surface area contributed by atoms with Crippen LogP contribution in [-0.2, 0) is 14.8 Å². The van der Waals surface area contributed by atoms with E-state index in [4.69, 9.17) is 16.3 Å². The summed E-state index contributed by atoms with van der Waals surface area (Å²) in [5.41, 5.74) is 0. The summed E-state index contributed by atoms with van der Waals surface area (Å²) in [6, 6.07) is 3.01. The minimum absolute atomic E-state index is 0.0146. The summed E-state index contributed by atoms with van der Waals surface area (Å²) in [5, 5.41) is 10.2. The second-order valence-corrected chi connectivity index (χ2v) is 9.35. The molecule has 1 aliphatic rings. The summed E-state index contributed by atoms with van der Waals surface area (Å²) < 4.78 is 32.9. The highest BCUT2D eigenvalue weighted by atomic mass is 35.5. The molecule has 0 unspecified atom stereocenters. The molecule has 5 nitrogen and oxygen atoms in total. The number of sulfonamides is 1. The van der Waals surface area contributed by atoms with Crippen molar-refractivity contribution in [1.82, 2.24) is 4.72 Å². The fourth-order valence-electron chi connectivity index (χ4n) is 2.72. The van der Waals surface area contributed by atoms with Crippen LogP contribution < -0.4 is 4.72 Å². The molecule has 2 N–H and O–H groups in total. The summed E-state index contributed by atoms with van der Waals surface area (Å²) >= 11 is 6.76. The van der Waals surface area contributed by atoms with Crippen molar-refractivity contribution in [3.63, 3.8) is 0 Å². The first kappa shape index (κ1) is 18.9. The Labute approximate surface area is 146 Å². The van der Waals surface area contributed by atoms with Crippen LogP contribution in [0.3, 0.4) is 0 Å². The normalized spacial score (nSPS) is 23.6. The van der Waals surface area contributed by atoms with Crippen molar-refractivity contribution in [1.29, 1.82) is 0 Å². The Morgan fingerprint density at radius 3 is 2.70 bits per heavy atom. The van der Waals surface area contributed by atoms with Gasteiger partial charge >= 0.3 is 0 Å². The van der Waals surface area contributed by atoms with Gasteiger partial charge in [0.1, 0.15) is 4.21 Å². The maximum absolute atomic E-state index is 12.1. The van der Waals surface area contributed by atoms with Gasteiger partial charge in [-0.1, -0.05) is 17.7 Å². The Hall–Kier alpha value is -0.440. The van der Waals surface area contributed by atoms with Gasteiger partial charge in [-0.25, -0.2) is 13.1 Å². The summed E-state index contributed by atoms with van der Waals surface area (Å²) in [7, 11) is -3.61. The van der Waals surface area contributed by atoms with Crippen molar-refractivity contribution in [2.45, 2.75) is 42.1 Å². The highest BCUT2D eigenvalue weighted by molar-refractivity contribution is 7.91. The van der Waals surface area contributed by atoms with Crippen LogP contribution in [0.1, 0.15) is 25.7 Å². The average molecular weight is 380 g/mol. The molecule has 23 heavy (non-hydrogen) atoms. The zero-order valence-electron chi connectivity index (χ0n) is 12.8. The summed E-state index contributed by atoms with van der Waals surface area (Å²) in [6.45, 7) is 4.18. The lowest BCUT2D eigenvalue weighted by atomic mass is 9.84. The molecule has 1 aromatic heterocycles. The topological polar surface area (TPSA) is 75.6 Å². The number of halogens is 1. The zero-order valence-corrected chi connectivity index (χ0v) is 15.2. The van der Waals surface area contributed by atoms with Crippen molar-refractivity contribution in [3.8, 4) is 0 Å². The molecule has 0 aromatic carbocycles. The van der Waals surface area contributed by atoms with E-state index in [-0.39, 0.29) is 22.8 Å². The van der Waals surface area contributed by atoms with Crippen LogP contribution in [0.5, 0.6) is 0 Å². The SMILES string of the molecule is C=CCOC1CCC([C@@H](O)CNS(=O)(=O)c2ccc(Cl)s2)CC1. The zero-order chi connectivity index (χ0) is 16.9. The van der Waals surface area contributed by atoms with Gasteiger partial charge in [0.2, 0.25) is 10.0 Å². The standard InChI is InChI=1S/C15H22ClNO4S2/c1-2-9-21-12-5-3-11(4-6-12)13(18)10-17-23(19,20)15-8-7-14(16)22-15/h2,7-8,11-13,17-18H,1,3-6,9-10H2/t11?,12?,13-/m0/s1. The van der Waals surface area contributed by atoms with E-state index in [0.717, 1.165) is 37.0 Å². The van der Waals surface area contributed by atoms with Crippen molar-refractivity contribution in [2.24, 2.45) is 5.92 Å². The first-order valence-electron chi connectivity index (χ1n) is 7.58. The van der Waals surface area contributed by atoms with E-state index >= 15 is 0 Å². The maximum atomic E-state index is 12.1. The molecule has 1 aromatic rings. The van der Waals surface area contributed by atoms with E-state index in [2.05, 4.69) is 11.3 Å². The van der Waals surface area contributed by atoms with E-state index < -0.39 is 16.1 Å². The Bertz CT molecular complexity index is 609. The van der Waals surface area contributed by atoms with Gasteiger partial charge in [0, 0.05) is 6.54 Å². The van der Waals surface area contributed by atoms with Crippen LogP contribution in [0, 0.1) is 5.92 Å². The number of thiophene rings is 1. The van der Waals surface area contributed by atoms with Crippen LogP contribution in [0.4, 0.5) is 0 Å². The van der Waals surface area contributed by atoms with Gasteiger partial charge in [-0.05, 0) is 43.7 Å². The van der Waals surface area contributed by atoms with Crippen molar-refractivity contribution in [3.05, 3.63) is 29.1 Å². The molecule has 130 valence electrons. The third-order valence-corrected chi connectivity index (χ3v) is 7.16. The smallest absolute Gasteiger partial charge is 0.250 e. The van der Waals surface area contributed by atoms with Gasteiger partial charge in [0.15, 0.2) is 0 Å². The van der Waals surface area contributed by atoms with Gasteiger partial charge in [0.05, 0.1) is 23.2 Å². The van der Waals surface area contributed by atoms with Crippen LogP contribution in [0.25, 0.3) is 0 Å². The second-order valence-electron chi connectivity index (χ2n) is 5.64. The molecule has 0 saturated heterocycles. The summed E-state index contributed by atoms with van der Waals surface area (Å²) in [5.74, 6) is 0.0909. The average Bonchev–Trinajstić information content (AvgIpc) is 2.98. The lowest BCUT2D eigenvalue weighted by molar-refractivity contribution is 0.00759. The molecule has 1 aliphatic carbocycles. The third-order valence-electron chi connectivity index (χ3n) is 4.01. The van der Waals surface area contributed by atoms with E-state index in [1.807, 2.05) is 0 Å². The molecule has 0 spiro atoms. The molecule has 1 atom stereocenters. The first-order valence-corrected chi connectivity index (χ1v) is 10.3. The fourth-order valence-corrected chi connectivity index (χ4v) is 5.30. The largest absolute Gasteiger partial charge is 0.391 e. The maximum Gasteiger partial charge on any atom is 0.250 e. The lowest BCUT2D eigenvalue weighted by Crippen LogP contribution is -2.38. The first-order chi connectivity index (χ1) is 10.9. The molecule has 0 radical (unpaired) electrons. The summed E-state index contributed by atoms with van der Waals surface area (Å²) in [4.78, 5) is 0. The molecule has 0 aliphatic heterocycles. The molecule has 1 saturated carbocycles. The van der Waals surface area contributed by atoms with Crippen LogP contribution in [0.2, 0.25) is 4.34 Å². The number of ether oxygens (including phenoxy) is 1. The molecule has 1 heterocycles. The lowest BCUT2D eigenvalue weighted by Gasteiger charge is -2.31. The van der Waals surface area contributed by atoms with Gasteiger partial charge in [-0.2, -0.15) is 0 Å². The second kappa shape index (κ2) is 8.60. The fraction of sp³-hybridized carbons (Fsp3) is 0.600. The molecular formula is C15H22ClNO4S2. The molecule has 0 bridgehead atoms. The number of nitrogens with one attached hydrogen (secondary N) is 1. The molecule has 0 amide bonds. The molecule has 8 heteroatoms. The Kier molecular flexibility index (Phi) is 7.06. The Morgan fingerprint density at radius 2 is 2.13 bits per heavy atom. The van der Waals surface area contributed by atoms with Gasteiger partial charge in [-0.15, -0.1) is 17.9 Å². The van der Waals surface area contributed by atoms with Crippen LogP contribution in [0.15, 0.2) is 29.0 Å². The van der Waals surface area contributed by atoms with E-state index in [9.17, 15) is 13.5 Å². The number of aliphatic hydroxyl groups is 1. The quantitative estimate of drug-likeness (QED) is 0.681. The minimum Gasteiger partial charge on any atom is -0.391 e. The van der Waals surface area contributed by atoms with Crippen LogP contribution in [-0.4, -0.2) is 38.9 Å². The molecule has 2 rings (SSSR count).